The number of nitrogens with one attached hydrogen (secondary N) is 3. The van der Waals surface area contributed by atoms with Crippen LogP contribution in [0.15, 0.2) is 54.6 Å². The van der Waals surface area contributed by atoms with Gasteiger partial charge in [0, 0.05) is 23.5 Å². The van der Waals surface area contributed by atoms with Crippen molar-refractivity contribution in [3.8, 4) is 0 Å². The zero-order chi connectivity index (χ0) is 17.4. The van der Waals surface area contributed by atoms with Crippen LogP contribution >= 0.6 is 0 Å². The molecular weight excluding hydrogens is 302 g/mol. The summed E-state index contributed by atoms with van der Waals surface area (Å²) < 4.78 is 0. The second kappa shape index (κ2) is 8.72. The van der Waals surface area contributed by atoms with Gasteiger partial charge in [-0.3, -0.25) is 9.59 Å². The van der Waals surface area contributed by atoms with Crippen LogP contribution < -0.4 is 16.0 Å². The first-order valence-corrected chi connectivity index (χ1v) is 8.01. The van der Waals surface area contributed by atoms with Gasteiger partial charge in [-0.25, -0.2) is 0 Å². The summed E-state index contributed by atoms with van der Waals surface area (Å²) in [4.78, 5) is 23.6. The molecule has 0 aliphatic carbocycles. The molecule has 0 radical (unpaired) electrons. The molecule has 0 bridgehead atoms. The van der Waals surface area contributed by atoms with Crippen molar-refractivity contribution in [2.45, 2.75) is 20.3 Å². The molecule has 5 heteroatoms. The minimum absolute atomic E-state index is 0.00570. The summed E-state index contributed by atoms with van der Waals surface area (Å²) >= 11 is 0. The SMILES string of the molecule is CC(C)CC(=O)Nc1ccc(NC(=O)CNc2ccccc2)cc1. The highest BCUT2D eigenvalue weighted by atomic mass is 16.2. The standard InChI is InChI=1S/C19H23N3O2/c1-14(2)12-18(23)21-16-8-10-17(11-9-16)22-19(24)13-20-15-6-4-3-5-7-15/h3-11,14,20H,12-13H2,1-2H3,(H,21,23)(H,22,24). The maximum absolute atomic E-state index is 11.9. The molecule has 0 saturated carbocycles. The van der Waals surface area contributed by atoms with Crippen LogP contribution in [0.25, 0.3) is 0 Å². The van der Waals surface area contributed by atoms with E-state index in [1.165, 1.54) is 0 Å². The second-order valence-electron chi connectivity index (χ2n) is 5.99. The normalized spacial score (nSPS) is 10.3. The Morgan fingerprint density at radius 1 is 0.792 bits per heavy atom. The Hall–Kier alpha value is -2.82. The van der Waals surface area contributed by atoms with Crippen molar-refractivity contribution in [2.75, 3.05) is 22.5 Å². The lowest BCUT2D eigenvalue weighted by Gasteiger charge is -2.10. The first kappa shape index (κ1) is 17.5. The smallest absolute Gasteiger partial charge is 0.243 e. The summed E-state index contributed by atoms with van der Waals surface area (Å²) in [6.07, 6.45) is 0.490. The van der Waals surface area contributed by atoms with E-state index in [-0.39, 0.29) is 18.4 Å². The summed E-state index contributed by atoms with van der Waals surface area (Å²) in [5.74, 6) is 0.185. The third-order valence-electron chi connectivity index (χ3n) is 3.27. The Morgan fingerprint density at radius 3 is 1.88 bits per heavy atom. The van der Waals surface area contributed by atoms with Crippen LogP contribution in [-0.2, 0) is 9.59 Å². The highest BCUT2D eigenvalue weighted by molar-refractivity contribution is 5.94. The second-order valence-corrected chi connectivity index (χ2v) is 5.99. The zero-order valence-electron chi connectivity index (χ0n) is 14.0. The molecule has 2 amide bonds. The molecule has 2 aromatic carbocycles. The zero-order valence-corrected chi connectivity index (χ0v) is 14.0. The highest BCUT2D eigenvalue weighted by Gasteiger charge is 2.06. The van der Waals surface area contributed by atoms with E-state index in [9.17, 15) is 9.59 Å². The minimum Gasteiger partial charge on any atom is -0.376 e. The van der Waals surface area contributed by atoms with Crippen molar-refractivity contribution in [3.05, 3.63) is 54.6 Å². The average molecular weight is 325 g/mol. The third-order valence-corrected chi connectivity index (χ3v) is 3.27. The summed E-state index contributed by atoms with van der Waals surface area (Å²) in [6, 6.07) is 16.6. The largest absolute Gasteiger partial charge is 0.376 e. The molecule has 0 aromatic heterocycles. The number of amides is 2. The molecule has 2 rings (SSSR count). The van der Waals surface area contributed by atoms with Gasteiger partial charge in [0.05, 0.1) is 6.54 Å². The monoisotopic (exact) mass is 325 g/mol. The Balaban J connectivity index is 1.80. The van der Waals surface area contributed by atoms with Crippen LogP contribution in [0.5, 0.6) is 0 Å². The molecule has 126 valence electrons. The van der Waals surface area contributed by atoms with Gasteiger partial charge in [-0.2, -0.15) is 0 Å². The van der Waals surface area contributed by atoms with Gasteiger partial charge in [-0.05, 0) is 42.3 Å². The Labute approximate surface area is 142 Å². The molecule has 0 atom stereocenters. The van der Waals surface area contributed by atoms with Crippen LogP contribution in [0.3, 0.4) is 0 Å². The van der Waals surface area contributed by atoms with Gasteiger partial charge in [-0.1, -0.05) is 32.0 Å². The van der Waals surface area contributed by atoms with E-state index in [1.807, 2.05) is 44.2 Å². The van der Waals surface area contributed by atoms with E-state index in [4.69, 9.17) is 0 Å². The number of hydrogen-bond acceptors (Lipinski definition) is 3. The van der Waals surface area contributed by atoms with Gasteiger partial charge in [-0.15, -0.1) is 0 Å². The van der Waals surface area contributed by atoms with Crippen LogP contribution in [0.4, 0.5) is 17.1 Å². The number of benzene rings is 2. The Kier molecular flexibility index (Phi) is 6.37. The van der Waals surface area contributed by atoms with Crippen LogP contribution in [-0.4, -0.2) is 18.4 Å². The predicted octanol–water partition coefficient (Wildman–Crippen LogP) is 3.72. The van der Waals surface area contributed by atoms with E-state index < -0.39 is 0 Å². The molecule has 0 aliphatic heterocycles. The van der Waals surface area contributed by atoms with Crippen molar-refractivity contribution in [2.24, 2.45) is 5.92 Å². The molecule has 0 spiro atoms. The van der Waals surface area contributed by atoms with Gasteiger partial charge in [0.2, 0.25) is 11.8 Å². The van der Waals surface area contributed by atoms with Crippen molar-refractivity contribution < 1.29 is 9.59 Å². The maximum Gasteiger partial charge on any atom is 0.243 e. The fraction of sp³-hybridized carbons (Fsp3) is 0.263. The maximum atomic E-state index is 11.9. The molecule has 0 aliphatic rings. The molecule has 24 heavy (non-hydrogen) atoms. The molecule has 0 saturated heterocycles. The predicted molar refractivity (Wildman–Crippen MR) is 98.1 cm³/mol. The number of carbonyl (C=O) groups excluding carboxylic acids is 2. The molecule has 0 heterocycles. The molecule has 3 N–H and O–H groups in total. The number of rotatable bonds is 7. The number of carbonyl (C=O) groups is 2. The number of anilines is 3. The minimum atomic E-state index is -0.129. The number of para-hydroxylation sites is 1. The Morgan fingerprint density at radius 2 is 1.33 bits per heavy atom. The van der Waals surface area contributed by atoms with E-state index in [0.717, 1.165) is 11.4 Å². The van der Waals surface area contributed by atoms with Gasteiger partial charge in [0.1, 0.15) is 0 Å². The van der Waals surface area contributed by atoms with Crippen molar-refractivity contribution in [1.29, 1.82) is 0 Å². The summed E-state index contributed by atoms with van der Waals surface area (Å²) in [5.41, 5.74) is 2.31. The Bertz CT molecular complexity index is 667. The van der Waals surface area contributed by atoms with Crippen LogP contribution in [0, 0.1) is 5.92 Å². The molecular formula is C19H23N3O2. The van der Waals surface area contributed by atoms with E-state index in [0.29, 0.717) is 18.0 Å². The molecule has 2 aromatic rings. The average Bonchev–Trinajstić information content (AvgIpc) is 2.55. The lowest BCUT2D eigenvalue weighted by Crippen LogP contribution is -2.21. The topological polar surface area (TPSA) is 70.2 Å². The lowest BCUT2D eigenvalue weighted by molar-refractivity contribution is -0.117. The van der Waals surface area contributed by atoms with Crippen LogP contribution in [0.1, 0.15) is 20.3 Å². The first-order chi connectivity index (χ1) is 11.5. The lowest BCUT2D eigenvalue weighted by atomic mass is 10.1. The van der Waals surface area contributed by atoms with Gasteiger partial charge in [0.25, 0.3) is 0 Å². The third kappa shape index (κ3) is 6.12. The molecule has 0 unspecified atom stereocenters. The van der Waals surface area contributed by atoms with Gasteiger partial charge >= 0.3 is 0 Å². The fourth-order valence-corrected chi connectivity index (χ4v) is 2.16. The van der Waals surface area contributed by atoms with E-state index in [2.05, 4.69) is 16.0 Å². The highest BCUT2D eigenvalue weighted by Crippen LogP contribution is 2.14. The summed E-state index contributed by atoms with van der Waals surface area (Å²) in [5, 5.41) is 8.70. The van der Waals surface area contributed by atoms with E-state index in [1.54, 1.807) is 24.3 Å². The quantitative estimate of drug-likeness (QED) is 0.726. The number of hydrogen-bond donors (Lipinski definition) is 3. The van der Waals surface area contributed by atoms with E-state index >= 15 is 0 Å². The summed E-state index contributed by atoms with van der Waals surface area (Å²) in [7, 11) is 0. The van der Waals surface area contributed by atoms with Gasteiger partial charge < -0.3 is 16.0 Å². The first-order valence-electron chi connectivity index (χ1n) is 8.01. The fourth-order valence-electron chi connectivity index (χ4n) is 2.16. The molecule has 0 fully saturated rings. The van der Waals surface area contributed by atoms with Crippen molar-refractivity contribution >= 4 is 28.9 Å². The van der Waals surface area contributed by atoms with Crippen molar-refractivity contribution in [3.63, 3.8) is 0 Å². The van der Waals surface area contributed by atoms with Crippen molar-refractivity contribution in [1.82, 2.24) is 0 Å². The van der Waals surface area contributed by atoms with Gasteiger partial charge in [0.15, 0.2) is 0 Å². The van der Waals surface area contributed by atoms with Crippen LogP contribution in [0.2, 0.25) is 0 Å². The molecule has 5 nitrogen and oxygen atoms in total. The summed E-state index contributed by atoms with van der Waals surface area (Å²) in [6.45, 7) is 4.19.